The molecule has 0 atom stereocenters. The average molecular weight is 365 g/mol. The Morgan fingerprint density at radius 3 is 2.41 bits per heavy atom. The minimum Gasteiger partial charge on any atom is -0.490 e. The highest BCUT2D eigenvalue weighted by Crippen LogP contribution is 2.30. The van der Waals surface area contributed by atoms with Crippen LogP contribution in [0.5, 0.6) is 11.5 Å². The van der Waals surface area contributed by atoms with E-state index in [-0.39, 0.29) is 17.9 Å². The molecule has 0 aliphatic rings. The number of benzene rings is 2. The summed E-state index contributed by atoms with van der Waals surface area (Å²) in [4.78, 5) is 24.0. The van der Waals surface area contributed by atoms with Crippen molar-refractivity contribution in [1.82, 2.24) is 0 Å². The molecule has 0 bridgehead atoms. The van der Waals surface area contributed by atoms with Gasteiger partial charge in [-0.05, 0) is 49.8 Å². The van der Waals surface area contributed by atoms with E-state index in [1.165, 1.54) is 6.08 Å². The van der Waals surface area contributed by atoms with Gasteiger partial charge in [0.25, 0.3) is 0 Å². The Balaban J connectivity index is 2.29. The number of hydrogen-bond acceptors (Lipinski definition) is 6. The lowest BCUT2D eigenvalue weighted by Crippen LogP contribution is -2.09. The molecule has 0 spiro atoms. The number of ether oxygens (including phenoxy) is 3. The number of rotatable bonds is 7. The summed E-state index contributed by atoms with van der Waals surface area (Å²) < 4.78 is 15.8. The molecule has 0 fully saturated rings. The number of esters is 2. The van der Waals surface area contributed by atoms with Gasteiger partial charge in [-0.25, -0.2) is 9.59 Å². The topological polar surface area (TPSA) is 85.6 Å². The first-order chi connectivity index (χ1) is 13.1. The minimum atomic E-state index is -0.697. The predicted octanol–water partition coefficient (Wildman–Crippen LogP) is 3.77. The maximum Gasteiger partial charge on any atom is 0.348 e. The molecule has 27 heavy (non-hydrogen) atoms. The van der Waals surface area contributed by atoms with E-state index < -0.39 is 11.9 Å². The van der Waals surface area contributed by atoms with Crippen LogP contribution < -0.4 is 9.47 Å². The number of nitriles is 1. The second-order valence-electron chi connectivity index (χ2n) is 5.29. The summed E-state index contributed by atoms with van der Waals surface area (Å²) in [6.07, 6.45) is 1.39. The Bertz CT molecular complexity index is 881. The highest BCUT2D eigenvalue weighted by molar-refractivity contribution is 5.98. The molecule has 0 unspecified atom stereocenters. The fourth-order valence-electron chi connectivity index (χ4n) is 2.21. The minimum absolute atomic E-state index is 0.131. The van der Waals surface area contributed by atoms with E-state index in [1.807, 2.05) is 6.07 Å². The van der Waals surface area contributed by atoms with Crippen LogP contribution in [0.4, 0.5) is 0 Å². The van der Waals surface area contributed by atoms with Crippen molar-refractivity contribution in [2.75, 3.05) is 13.2 Å². The number of carbonyl (C=O) groups excluding carboxylic acids is 2. The molecule has 0 aliphatic carbocycles. The molecule has 0 saturated heterocycles. The fraction of sp³-hybridized carbons (Fsp3) is 0.190. The van der Waals surface area contributed by atoms with Gasteiger partial charge >= 0.3 is 11.9 Å². The SMILES string of the molecule is CCOC(=O)/C(C#N)=C/c1ccc(OC(=O)c2ccccc2)c(OCC)c1. The predicted molar refractivity (Wildman–Crippen MR) is 99.2 cm³/mol. The Hall–Kier alpha value is -3.59. The first-order valence-electron chi connectivity index (χ1n) is 8.42. The third-order valence-electron chi connectivity index (χ3n) is 3.41. The standard InChI is InChI=1S/C21H19NO5/c1-3-25-19-13-15(12-17(14-22)20(23)26-4-2)10-11-18(19)27-21(24)16-8-6-5-7-9-16/h5-13H,3-4H2,1-2H3/b17-12+. The van der Waals surface area contributed by atoms with Crippen molar-refractivity contribution in [3.05, 3.63) is 65.2 Å². The van der Waals surface area contributed by atoms with Crippen molar-refractivity contribution in [2.24, 2.45) is 0 Å². The molecule has 0 radical (unpaired) electrons. The van der Waals surface area contributed by atoms with E-state index >= 15 is 0 Å². The maximum atomic E-state index is 12.2. The summed E-state index contributed by atoms with van der Waals surface area (Å²) in [5.41, 5.74) is 0.828. The van der Waals surface area contributed by atoms with Gasteiger partial charge in [-0.2, -0.15) is 5.26 Å². The van der Waals surface area contributed by atoms with Crippen LogP contribution in [0.1, 0.15) is 29.8 Å². The molecular formula is C21H19NO5. The van der Waals surface area contributed by atoms with Crippen LogP contribution in [-0.2, 0) is 9.53 Å². The Morgan fingerprint density at radius 2 is 1.78 bits per heavy atom. The molecule has 0 heterocycles. The summed E-state index contributed by atoms with van der Waals surface area (Å²) in [6, 6.07) is 15.2. The summed E-state index contributed by atoms with van der Waals surface area (Å²) in [5.74, 6) is -0.629. The monoisotopic (exact) mass is 365 g/mol. The molecular weight excluding hydrogens is 346 g/mol. The van der Waals surface area contributed by atoms with E-state index in [9.17, 15) is 9.59 Å². The second kappa shape index (κ2) is 9.78. The second-order valence-corrected chi connectivity index (χ2v) is 5.29. The highest BCUT2D eigenvalue weighted by Gasteiger charge is 2.14. The largest absolute Gasteiger partial charge is 0.490 e. The Morgan fingerprint density at radius 1 is 1.04 bits per heavy atom. The number of carbonyl (C=O) groups is 2. The lowest BCUT2D eigenvalue weighted by atomic mass is 10.1. The first kappa shape index (κ1) is 19.7. The summed E-state index contributed by atoms with van der Waals surface area (Å²) >= 11 is 0. The summed E-state index contributed by atoms with van der Waals surface area (Å²) in [6.45, 7) is 3.99. The van der Waals surface area contributed by atoms with Gasteiger partial charge in [-0.3, -0.25) is 0 Å². The Labute approximate surface area is 157 Å². The molecule has 0 N–H and O–H groups in total. The molecule has 0 amide bonds. The van der Waals surface area contributed by atoms with Crippen LogP contribution in [0.2, 0.25) is 0 Å². The number of hydrogen-bond donors (Lipinski definition) is 0. The average Bonchev–Trinajstić information content (AvgIpc) is 2.69. The van der Waals surface area contributed by atoms with Crippen molar-refractivity contribution in [3.8, 4) is 17.6 Å². The molecule has 2 rings (SSSR count). The lowest BCUT2D eigenvalue weighted by molar-refractivity contribution is -0.137. The maximum absolute atomic E-state index is 12.2. The smallest absolute Gasteiger partial charge is 0.348 e. The first-order valence-corrected chi connectivity index (χ1v) is 8.42. The summed E-state index contributed by atoms with van der Waals surface area (Å²) in [5, 5.41) is 9.14. The molecule has 0 aromatic heterocycles. The highest BCUT2D eigenvalue weighted by atomic mass is 16.6. The lowest BCUT2D eigenvalue weighted by Gasteiger charge is -2.11. The van der Waals surface area contributed by atoms with Crippen LogP contribution in [-0.4, -0.2) is 25.2 Å². The zero-order chi connectivity index (χ0) is 19.6. The van der Waals surface area contributed by atoms with Gasteiger partial charge in [0.05, 0.1) is 18.8 Å². The normalized spacial score (nSPS) is 10.6. The van der Waals surface area contributed by atoms with Crippen LogP contribution in [0.3, 0.4) is 0 Å². The molecule has 6 nitrogen and oxygen atoms in total. The van der Waals surface area contributed by atoms with Gasteiger partial charge in [0.1, 0.15) is 11.6 Å². The summed E-state index contributed by atoms with van der Waals surface area (Å²) in [7, 11) is 0. The molecule has 2 aromatic carbocycles. The van der Waals surface area contributed by atoms with Crippen molar-refractivity contribution < 1.29 is 23.8 Å². The molecule has 0 aliphatic heterocycles. The van der Waals surface area contributed by atoms with Gasteiger partial charge in [0.2, 0.25) is 0 Å². The number of nitrogens with zero attached hydrogens (tertiary/aromatic N) is 1. The van der Waals surface area contributed by atoms with E-state index in [2.05, 4.69) is 0 Å². The van der Waals surface area contributed by atoms with Crippen LogP contribution in [0, 0.1) is 11.3 Å². The van der Waals surface area contributed by atoms with E-state index in [4.69, 9.17) is 19.5 Å². The Kier molecular flexibility index (Phi) is 7.15. The van der Waals surface area contributed by atoms with Crippen molar-refractivity contribution in [1.29, 1.82) is 5.26 Å². The zero-order valence-corrected chi connectivity index (χ0v) is 15.1. The van der Waals surface area contributed by atoms with Crippen molar-refractivity contribution in [3.63, 3.8) is 0 Å². The van der Waals surface area contributed by atoms with Crippen molar-refractivity contribution >= 4 is 18.0 Å². The van der Waals surface area contributed by atoms with Crippen LogP contribution >= 0.6 is 0 Å². The van der Waals surface area contributed by atoms with Gasteiger partial charge in [0, 0.05) is 0 Å². The van der Waals surface area contributed by atoms with E-state index in [0.717, 1.165) is 0 Å². The van der Waals surface area contributed by atoms with Gasteiger partial charge in [0.15, 0.2) is 11.5 Å². The molecule has 138 valence electrons. The van der Waals surface area contributed by atoms with Gasteiger partial charge in [-0.15, -0.1) is 0 Å². The third-order valence-corrected chi connectivity index (χ3v) is 3.41. The molecule has 6 heteroatoms. The zero-order valence-electron chi connectivity index (χ0n) is 15.1. The van der Waals surface area contributed by atoms with E-state index in [0.29, 0.717) is 23.5 Å². The fourth-order valence-corrected chi connectivity index (χ4v) is 2.21. The van der Waals surface area contributed by atoms with Crippen LogP contribution in [0.15, 0.2) is 54.1 Å². The van der Waals surface area contributed by atoms with Gasteiger partial charge < -0.3 is 14.2 Å². The van der Waals surface area contributed by atoms with Crippen molar-refractivity contribution in [2.45, 2.75) is 13.8 Å². The third kappa shape index (κ3) is 5.44. The van der Waals surface area contributed by atoms with Gasteiger partial charge in [-0.1, -0.05) is 24.3 Å². The van der Waals surface area contributed by atoms with Crippen LogP contribution in [0.25, 0.3) is 6.08 Å². The quantitative estimate of drug-likeness (QED) is 0.321. The van der Waals surface area contributed by atoms with E-state index in [1.54, 1.807) is 62.4 Å². The molecule has 0 saturated carbocycles. The molecule has 2 aromatic rings.